The number of benzene rings is 1. The van der Waals surface area contributed by atoms with Crippen LogP contribution in [0, 0.1) is 17.0 Å². The summed E-state index contributed by atoms with van der Waals surface area (Å²) in [7, 11) is 0. The summed E-state index contributed by atoms with van der Waals surface area (Å²) in [5.74, 6) is -0.926. The molecule has 18 heavy (non-hydrogen) atoms. The van der Waals surface area contributed by atoms with Crippen molar-refractivity contribution in [1.82, 2.24) is 0 Å². The summed E-state index contributed by atoms with van der Waals surface area (Å²) in [5.41, 5.74) is 0.921. The molecule has 0 saturated heterocycles. The van der Waals surface area contributed by atoms with Crippen molar-refractivity contribution in [1.29, 1.82) is 0 Å². The minimum absolute atomic E-state index is 0.00124. The van der Waals surface area contributed by atoms with Crippen LogP contribution in [0.2, 0.25) is 0 Å². The van der Waals surface area contributed by atoms with E-state index in [1.165, 1.54) is 0 Å². The van der Waals surface area contributed by atoms with Gasteiger partial charge in [0.05, 0.1) is 11.3 Å². The van der Waals surface area contributed by atoms with Gasteiger partial charge in [-0.1, -0.05) is 19.1 Å². The molecule has 1 atom stereocenters. The molecule has 1 unspecified atom stereocenters. The van der Waals surface area contributed by atoms with Gasteiger partial charge in [-0.25, -0.2) is 0 Å². The number of carbonyl (C=O) groups is 1. The highest BCUT2D eigenvalue weighted by Gasteiger charge is 2.19. The summed E-state index contributed by atoms with van der Waals surface area (Å²) >= 11 is 0. The number of para-hydroxylation sites is 1. The molecule has 0 amide bonds. The van der Waals surface area contributed by atoms with Crippen LogP contribution in [-0.4, -0.2) is 22.0 Å². The molecular formula is C12H16N2O4. The molecule has 98 valence electrons. The molecule has 6 heteroatoms. The predicted molar refractivity (Wildman–Crippen MR) is 67.8 cm³/mol. The van der Waals surface area contributed by atoms with Crippen molar-refractivity contribution < 1.29 is 14.8 Å². The second-order valence-electron chi connectivity index (χ2n) is 4.08. The third-order valence-electron chi connectivity index (χ3n) is 2.69. The first kappa shape index (κ1) is 14.0. The molecule has 0 saturated carbocycles. The van der Waals surface area contributed by atoms with E-state index in [-0.39, 0.29) is 18.2 Å². The van der Waals surface area contributed by atoms with Gasteiger partial charge in [-0.2, -0.15) is 0 Å². The lowest BCUT2D eigenvalue weighted by Gasteiger charge is -2.16. The van der Waals surface area contributed by atoms with E-state index in [0.29, 0.717) is 17.7 Å². The van der Waals surface area contributed by atoms with Crippen LogP contribution in [0.5, 0.6) is 0 Å². The molecule has 1 rings (SSSR count). The van der Waals surface area contributed by atoms with Gasteiger partial charge in [0.2, 0.25) is 0 Å². The third kappa shape index (κ3) is 3.44. The van der Waals surface area contributed by atoms with Crippen LogP contribution >= 0.6 is 0 Å². The summed E-state index contributed by atoms with van der Waals surface area (Å²) in [4.78, 5) is 21.2. The van der Waals surface area contributed by atoms with Crippen LogP contribution in [0.3, 0.4) is 0 Å². The second kappa shape index (κ2) is 6.00. The summed E-state index contributed by atoms with van der Waals surface area (Å²) in [6.45, 7) is 3.49. The average Bonchev–Trinajstić information content (AvgIpc) is 2.27. The molecule has 0 fully saturated rings. The maximum Gasteiger partial charge on any atom is 0.305 e. The van der Waals surface area contributed by atoms with Gasteiger partial charge >= 0.3 is 5.97 Å². The quantitative estimate of drug-likeness (QED) is 0.599. The van der Waals surface area contributed by atoms with Crippen LogP contribution in [-0.2, 0) is 4.79 Å². The molecule has 0 bridgehead atoms. The van der Waals surface area contributed by atoms with E-state index < -0.39 is 10.9 Å². The van der Waals surface area contributed by atoms with E-state index in [4.69, 9.17) is 5.11 Å². The highest BCUT2D eigenvalue weighted by molar-refractivity contribution is 5.70. The van der Waals surface area contributed by atoms with Crippen molar-refractivity contribution in [2.75, 3.05) is 5.32 Å². The molecule has 0 aromatic heterocycles. The maximum absolute atomic E-state index is 11.0. The molecule has 0 heterocycles. The predicted octanol–water partition coefficient (Wildman–Crippen LogP) is 2.57. The second-order valence-corrected chi connectivity index (χ2v) is 4.08. The van der Waals surface area contributed by atoms with Crippen molar-refractivity contribution in [3.8, 4) is 0 Å². The number of hydrogen-bond acceptors (Lipinski definition) is 4. The number of nitro groups is 1. The number of hydrogen-bond donors (Lipinski definition) is 2. The Morgan fingerprint density at radius 3 is 2.72 bits per heavy atom. The highest BCUT2D eigenvalue weighted by atomic mass is 16.6. The number of aliphatic carboxylic acids is 1. The summed E-state index contributed by atoms with van der Waals surface area (Å²) in [6.07, 6.45) is 0.513. The first-order chi connectivity index (χ1) is 8.45. The van der Waals surface area contributed by atoms with Crippen molar-refractivity contribution in [3.05, 3.63) is 33.9 Å². The van der Waals surface area contributed by atoms with Crippen LogP contribution in [0.25, 0.3) is 0 Å². The van der Waals surface area contributed by atoms with Gasteiger partial charge in [-0.05, 0) is 19.4 Å². The Morgan fingerprint density at radius 1 is 1.56 bits per heavy atom. The van der Waals surface area contributed by atoms with Gasteiger partial charge in [0, 0.05) is 11.6 Å². The number of nitrogens with one attached hydrogen (secondary N) is 1. The van der Waals surface area contributed by atoms with Gasteiger partial charge in [-0.15, -0.1) is 0 Å². The van der Waals surface area contributed by atoms with E-state index in [1.54, 1.807) is 25.1 Å². The molecule has 0 aliphatic carbocycles. The minimum atomic E-state index is -0.926. The lowest BCUT2D eigenvalue weighted by Crippen LogP contribution is -2.22. The zero-order valence-electron chi connectivity index (χ0n) is 10.3. The zero-order valence-corrected chi connectivity index (χ0v) is 10.3. The first-order valence-corrected chi connectivity index (χ1v) is 5.68. The first-order valence-electron chi connectivity index (χ1n) is 5.68. The average molecular weight is 252 g/mol. The van der Waals surface area contributed by atoms with Crippen LogP contribution in [0.4, 0.5) is 11.4 Å². The van der Waals surface area contributed by atoms with Crippen LogP contribution in [0.15, 0.2) is 18.2 Å². The molecule has 0 radical (unpaired) electrons. The minimum Gasteiger partial charge on any atom is -0.481 e. The summed E-state index contributed by atoms with van der Waals surface area (Å²) in [5, 5.41) is 22.7. The van der Waals surface area contributed by atoms with Crippen molar-refractivity contribution >= 4 is 17.3 Å². The molecule has 6 nitrogen and oxygen atoms in total. The van der Waals surface area contributed by atoms with E-state index in [2.05, 4.69) is 5.32 Å². The Kier molecular flexibility index (Phi) is 4.65. The Morgan fingerprint density at radius 2 is 2.22 bits per heavy atom. The fourth-order valence-corrected chi connectivity index (χ4v) is 1.75. The number of carboxylic acids is 1. The summed E-state index contributed by atoms with van der Waals surface area (Å²) in [6, 6.07) is 4.64. The van der Waals surface area contributed by atoms with Crippen LogP contribution < -0.4 is 5.32 Å². The normalized spacial score (nSPS) is 11.9. The maximum atomic E-state index is 11.0. The van der Waals surface area contributed by atoms with Crippen molar-refractivity contribution in [2.45, 2.75) is 32.7 Å². The number of anilines is 1. The molecule has 1 aromatic carbocycles. The SMILES string of the molecule is CCC(CC(=O)O)Nc1cccc(C)c1[N+](=O)[O-]. The Bertz CT molecular complexity index is 459. The van der Waals surface area contributed by atoms with Crippen molar-refractivity contribution in [2.24, 2.45) is 0 Å². The fraction of sp³-hybridized carbons (Fsp3) is 0.417. The van der Waals surface area contributed by atoms with E-state index >= 15 is 0 Å². The van der Waals surface area contributed by atoms with Crippen molar-refractivity contribution in [3.63, 3.8) is 0 Å². The van der Waals surface area contributed by atoms with E-state index in [1.807, 2.05) is 6.92 Å². The zero-order chi connectivity index (χ0) is 13.7. The topological polar surface area (TPSA) is 92.5 Å². The largest absolute Gasteiger partial charge is 0.481 e. The lowest BCUT2D eigenvalue weighted by molar-refractivity contribution is -0.384. The van der Waals surface area contributed by atoms with Gasteiger partial charge in [0.25, 0.3) is 5.69 Å². The van der Waals surface area contributed by atoms with Gasteiger partial charge in [-0.3, -0.25) is 14.9 Å². The van der Waals surface area contributed by atoms with Gasteiger partial charge in [0.1, 0.15) is 5.69 Å². The molecular weight excluding hydrogens is 236 g/mol. The molecule has 2 N–H and O–H groups in total. The number of aryl methyl sites for hydroxylation is 1. The monoisotopic (exact) mass is 252 g/mol. The molecule has 0 aliphatic rings. The van der Waals surface area contributed by atoms with Crippen LogP contribution in [0.1, 0.15) is 25.3 Å². The standard InChI is InChI=1S/C12H16N2O4/c1-3-9(7-11(15)16)13-10-6-4-5-8(2)12(10)14(17)18/h4-6,9,13H,3,7H2,1-2H3,(H,15,16). The third-order valence-corrected chi connectivity index (χ3v) is 2.69. The smallest absolute Gasteiger partial charge is 0.305 e. The van der Waals surface area contributed by atoms with E-state index in [9.17, 15) is 14.9 Å². The number of carboxylic acid groups (broad SMARTS) is 1. The number of nitrogens with zero attached hydrogens (tertiary/aromatic N) is 1. The molecule has 0 spiro atoms. The lowest BCUT2D eigenvalue weighted by atomic mass is 10.1. The van der Waals surface area contributed by atoms with Gasteiger partial charge in [0.15, 0.2) is 0 Å². The number of rotatable bonds is 6. The molecule has 1 aromatic rings. The Balaban J connectivity index is 2.99. The highest BCUT2D eigenvalue weighted by Crippen LogP contribution is 2.29. The Labute approximate surface area is 105 Å². The Hall–Kier alpha value is -2.11. The fourth-order valence-electron chi connectivity index (χ4n) is 1.75. The van der Waals surface area contributed by atoms with E-state index in [0.717, 1.165) is 0 Å². The van der Waals surface area contributed by atoms with Gasteiger partial charge < -0.3 is 10.4 Å². The summed E-state index contributed by atoms with van der Waals surface area (Å²) < 4.78 is 0. The number of nitro benzene ring substituents is 1. The molecule has 0 aliphatic heterocycles.